The molecule has 0 fully saturated rings. The quantitative estimate of drug-likeness (QED) is 0.764. The standard InChI is InChI=1S/C20H23NO/c1-4-19(2,3)18-15-20(22-21-18,16-11-7-5-8-12-16)17-13-9-6-10-14-17/h5-14H,4,15H2,1-3H3. The van der Waals surface area contributed by atoms with Crippen molar-refractivity contribution in [3.63, 3.8) is 0 Å². The van der Waals surface area contributed by atoms with E-state index in [1.807, 2.05) is 12.1 Å². The van der Waals surface area contributed by atoms with Gasteiger partial charge in [-0.25, -0.2) is 0 Å². The summed E-state index contributed by atoms with van der Waals surface area (Å²) in [7, 11) is 0. The van der Waals surface area contributed by atoms with Gasteiger partial charge in [0.1, 0.15) is 0 Å². The summed E-state index contributed by atoms with van der Waals surface area (Å²) in [5.74, 6) is 0. The molecule has 0 amide bonds. The van der Waals surface area contributed by atoms with E-state index in [4.69, 9.17) is 4.84 Å². The van der Waals surface area contributed by atoms with Gasteiger partial charge in [-0.15, -0.1) is 0 Å². The zero-order valence-corrected chi connectivity index (χ0v) is 13.5. The molecule has 0 unspecified atom stereocenters. The van der Waals surface area contributed by atoms with Gasteiger partial charge in [0.15, 0.2) is 5.60 Å². The molecule has 22 heavy (non-hydrogen) atoms. The second-order valence-electron chi connectivity index (χ2n) is 6.60. The van der Waals surface area contributed by atoms with Crippen LogP contribution < -0.4 is 0 Å². The molecule has 0 atom stereocenters. The molecular formula is C20H23NO. The lowest BCUT2D eigenvalue weighted by atomic mass is 9.75. The highest BCUT2D eigenvalue weighted by Crippen LogP contribution is 2.44. The van der Waals surface area contributed by atoms with Crippen molar-refractivity contribution < 1.29 is 4.84 Å². The molecule has 0 aromatic heterocycles. The Bertz CT molecular complexity index is 619. The SMILES string of the molecule is CCC(C)(C)C1=NOC(c2ccccc2)(c2ccccc2)C1. The maximum atomic E-state index is 6.10. The molecule has 1 aliphatic heterocycles. The van der Waals surface area contributed by atoms with Gasteiger partial charge in [0.25, 0.3) is 0 Å². The van der Waals surface area contributed by atoms with Crippen molar-refractivity contribution in [2.45, 2.75) is 39.2 Å². The van der Waals surface area contributed by atoms with E-state index in [1.54, 1.807) is 0 Å². The number of benzene rings is 2. The van der Waals surface area contributed by atoms with Crippen LogP contribution in [0.2, 0.25) is 0 Å². The van der Waals surface area contributed by atoms with Gasteiger partial charge < -0.3 is 4.84 Å². The predicted molar refractivity (Wildman–Crippen MR) is 90.9 cm³/mol. The van der Waals surface area contributed by atoms with Crippen molar-refractivity contribution in [2.24, 2.45) is 10.6 Å². The lowest BCUT2D eigenvalue weighted by Crippen LogP contribution is -2.31. The van der Waals surface area contributed by atoms with Crippen molar-refractivity contribution in [3.8, 4) is 0 Å². The van der Waals surface area contributed by atoms with Crippen molar-refractivity contribution in [2.75, 3.05) is 0 Å². The Kier molecular flexibility index (Phi) is 3.78. The molecule has 1 heterocycles. The maximum absolute atomic E-state index is 6.10. The molecule has 0 N–H and O–H groups in total. The Morgan fingerprint density at radius 2 is 1.45 bits per heavy atom. The van der Waals surface area contributed by atoms with E-state index in [9.17, 15) is 0 Å². The van der Waals surface area contributed by atoms with E-state index < -0.39 is 5.60 Å². The van der Waals surface area contributed by atoms with E-state index in [-0.39, 0.29) is 5.41 Å². The minimum Gasteiger partial charge on any atom is -0.379 e. The van der Waals surface area contributed by atoms with Gasteiger partial charge in [0.2, 0.25) is 0 Å². The fourth-order valence-corrected chi connectivity index (χ4v) is 2.89. The van der Waals surface area contributed by atoms with Gasteiger partial charge in [-0.1, -0.05) is 86.6 Å². The Hall–Kier alpha value is -2.09. The first kappa shape index (κ1) is 14.8. The molecule has 0 radical (unpaired) electrons. The lowest BCUT2D eigenvalue weighted by Gasteiger charge is -2.29. The average Bonchev–Trinajstić information content (AvgIpc) is 3.04. The van der Waals surface area contributed by atoms with E-state index in [0.717, 1.165) is 29.7 Å². The first-order valence-corrected chi connectivity index (χ1v) is 7.95. The van der Waals surface area contributed by atoms with Crippen LogP contribution in [0.4, 0.5) is 0 Å². The number of nitrogens with zero attached hydrogens (tertiary/aromatic N) is 1. The minimum atomic E-state index is -0.496. The molecule has 0 saturated heterocycles. The third-order valence-electron chi connectivity index (χ3n) is 4.87. The Balaban J connectivity index is 2.06. The van der Waals surface area contributed by atoms with Crippen LogP contribution in [-0.4, -0.2) is 5.71 Å². The number of hydrogen-bond donors (Lipinski definition) is 0. The molecule has 0 bridgehead atoms. The highest BCUT2D eigenvalue weighted by atomic mass is 16.7. The zero-order chi connectivity index (χ0) is 15.6. The van der Waals surface area contributed by atoms with E-state index >= 15 is 0 Å². The fraction of sp³-hybridized carbons (Fsp3) is 0.350. The van der Waals surface area contributed by atoms with Gasteiger partial charge in [-0.05, 0) is 6.42 Å². The molecule has 0 aliphatic carbocycles. The highest BCUT2D eigenvalue weighted by molar-refractivity contribution is 5.91. The third-order valence-corrected chi connectivity index (χ3v) is 4.87. The minimum absolute atomic E-state index is 0.0608. The Morgan fingerprint density at radius 1 is 0.955 bits per heavy atom. The van der Waals surface area contributed by atoms with E-state index in [2.05, 4.69) is 74.5 Å². The fourth-order valence-electron chi connectivity index (χ4n) is 2.89. The summed E-state index contributed by atoms with van der Waals surface area (Å²) in [6.45, 7) is 6.68. The summed E-state index contributed by atoms with van der Waals surface area (Å²) >= 11 is 0. The van der Waals surface area contributed by atoms with Crippen molar-refractivity contribution >= 4 is 5.71 Å². The normalized spacial score (nSPS) is 17.0. The largest absolute Gasteiger partial charge is 0.379 e. The van der Waals surface area contributed by atoms with Crippen molar-refractivity contribution in [1.82, 2.24) is 0 Å². The molecule has 2 heteroatoms. The maximum Gasteiger partial charge on any atom is 0.193 e. The molecule has 2 aromatic carbocycles. The second-order valence-corrected chi connectivity index (χ2v) is 6.60. The monoisotopic (exact) mass is 293 g/mol. The topological polar surface area (TPSA) is 21.6 Å². The smallest absolute Gasteiger partial charge is 0.193 e. The van der Waals surface area contributed by atoms with Gasteiger partial charge in [-0.2, -0.15) is 0 Å². The van der Waals surface area contributed by atoms with Crippen LogP contribution >= 0.6 is 0 Å². The van der Waals surface area contributed by atoms with Gasteiger partial charge in [0.05, 0.1) is 5.71 Å². The van der Waals surface area contributed by atoms with Crippen LogP contribution in [0.5, 0.6) is 0 Å². The Morgan fingerprint density at radius 3 is 1.91 bits per heavy atom. The third kappa shape index (κ3) is 2.43. The zero-order valence-electron chi connectivity index (χ0n) is 13.5. The Labute approximate surface area is 132 Å². The van der Waals surface area contributed by atoms with Crippen molar-refractivity contribution in [1.29, 1.82) is 0 Å². The van der Waals surface area contributed by atoms with Crippen LogP contribution in [0.1, 0.15) is 44.7 Å². The lowest BCUT2D eigenvalue weighted by molar-refractivity contribution is 0.0112. The second kappa shape index (κ2) is 5.60. The van der Waals surface area contributed by atoms with Crippen LogP contribution in [0.3, 0.4) is 0 Å². The van der Waals surface area contributed by atoms with E-state index in [0.29, 0.717) is 0 Å². The van der Waals surface area contributed by atoms with Crippen LogP contribution in [0, 0.1) is 5.41 Å². The average molecular weight is 293 g/mol. The molecular weight excluding hydrogens is 270 g/mol. The summed E-state index contributed by atoms with van der Waals surface area (Å²) in [6, 6.07) is 20.8. The number of oxime groups is 1. The van der Waals surface area contributed by atoms with Crippen LogP contribution in [0.25, 0.3) is 0 Å². The summed E-state index contributed by atoms with van der Waals surface area (Å²) in [5.41, 5.74) is 3.02. The van der Waals surface area contributed by atoms with Crippen LogP contribution in [-0.2, 0) is 10.4 Å². The predicted octanol–water partition coefficient (Wildman–Crippen LogP) is 5.14. The summed E-state index contributed by atoms with van der Waals surface area (Å²) < 4.78 is 0. The van der Waals surface area contributed by atoms with Gasteiger partial charge >= 0.3 is 0 Å². The van der Waals surface area contributed by atoms with Crippen LogP contribution in [0.15, 0.2) is 65.8 Å². The van der Waals surface area contributed by atoms with E-state index in [1.165, 1.54) is 0 Å². The van der Waals surface area contributed by atoms with Crippen molar-refractivity contribution in [3.05, 3.63) is 71.8 Å². The summed E-state index contributed by atoms with van der Waals surface area (Å²) in [6.07, 6.45) is 1.86. The molecule has 2 nitrogen and oxygen atoms in total. The summed E-state index contributed by atoms with van der Waals surface area (Å²) in [4.78, 5) is 6.10. The highest BCUT2D eigenvalue weighted by Gasteiger charge is 2.45. The molecule has 1 aliphatic rings. The number of rotatable bonds is 4. The molecule has 2 aromatic rings. The molecule has 114 valence electrons. The molecule has 0 spiro atoms. The summed E-state index contributed by atoms with van der Waals surface area (Å²) in [5, 5.41) is 4.50. The number of hydrogen-bond acceptors (Lipinski definition) is 2. The molecule has 0 saturated carbocycles. The van der Waals surface area contributed by atoms with Gasteiger partial charge in [0, 0.05) is 23.0 Å². The first-order chi connectivity index (χ1) is 10.6. The van der Waals surface area contributed by atoms with Gasteiger partial charge in [-0.3, -0.25) is 0 Å². The first-order valence-electron chi connectivity index (χ1n) is 7.95. The molecule has 3 rings (SSSR count).